The van der Waals surface area contributed by atoms with E-state index >= 15 is 0 Å². The van der Waals surface area contributed by atoms with Gasteiger partial charge >= 0.3 is 6.03 Å². The SMILES string of the molecule is Cc1ccc(N2CCN(C(=O)Nc3ccc(OC(C)C)cc3)CC2)cc1C. The van der Waals surface area contributed by atoms with Crippen LogP contribution in [0.2, 0.25) is 0 Å². The predicted molar refractivity (Wildman–Crippen MR) is 111 cm³/mol. The number of carbonyl (C=O) groups is 1. The molecule has 0 radical (unpaired) electrons. The van der Waals surface area contributed by atoms with Gasteiger partial charge < -0.3 is 19.9 Å². The topological polar surface area (TPSA) is 44.8 Å². The van der Waals surface area contributed by atoms with E-state index in [0.29, 0.717) is 13.1 Å². The molecular formula is C22H29N3O2. The first-order chi connectivity index (χ1) is 12.9. The van der Waals surface area contributed by atoms with Gasteiger partial charge in [-0.3, -0.25) is 0 Å². The molecule has 0 aromatic heterocycles. The molecule has 0 atom stereocenters. The zero-order valence-corrected chi connectivity index (χ0v) is 16.7. The molecule has 0 spiro atoms. The minimum Gasteiger partial charge on any atom is -0.491 e. The number of benzene rings is 2. The Hall–Kier alpha value is -2.69. The molecule has 2 amide bonds. The quantitative estimate of drug-likeness (QED) is 0.869. The summed E-state index contributed by atoms with van der Waals surface area (Å²) in [5.74, 6) is 0.810. The van der Waals surface area contributed by atoms with E-state index in [9.17, 15) is 4.79 Å². The second-order valence-electron chi connectivity index (χ2n) is 7.36. The Labute approximate surface area is 161 Å². The number of ether oxygens (including phenoxy) is 1. The number of hydrogen-bond donors (Lipinski definition) is 1. The standard InChI is InChI=1S/C22H29N3O2/c1-16(2)27-21-9-6-19(7-10-21)23-22(26)25-13-11-24(12-14-25)20-8-5-17(3)18(4)15-20/h5-10,15-16H,11-14H2,1-4H3,(H,23,26). The molecule has 2 aromatic rings. The van der Waals surface area contributed by atoms with Crippen LogP contribution in [-0.2, 0) is 0 Å². The number of nitrogens with zero attached hydrogens (tertiary/aromatic N) is 2. The van der Waals surface area contributed by atoms with Gasteiger partial charge in [0.1, 0.15) is 5.75 Å². The van der Waals surface area contributed by atoms with Crippen LogP contribution in [0.4, 0.5) is 16.2 Å². The van der Waals surface area contributed by atoms with Crippen LogP contribution in [0.1, 0.15) is 25.0 Å². The first kappa shape index (κ1) is 19.1. The number of urea groups is 1. The van der Waals surface area contributed by atoms with Crippen molar-refractivity contribution in [3.63, 3.8) is 0 Å². The van der Waals surface area contributed by atoms with Crippen molar-refractivity contribution < 1.29 is 9.53 Å². The summed E-state index contributed by atoms with van der Waals surface area (Å²) in [5.41, 5.74) is 4.63. The van der Waals surface area contributed by atoms with Gasteiger partial charge in [0.15, 0.2) is 0 Å². The highest BCUT2D eigenvalue weighted by molar-refractivity contribution is 5.89. The van der Waals surface area contributed by atoms with E-state index in [1.807, 2.05) is 43.0 Å². The molecule has 1 fully saturated rings. The predicted octanol–water partition coefficient (Wildman–Crippen LogP) is 4.44. The molecule has 5 nitrogen and oxygen atoms in total. The molecule has 1 heterocycles. The van der Waals surface area contributed by atoms with Crippen LogP contribution in [0.25, 0.3) is 0 Å². The minimum absolute atomic E-state index is 0.0488. The van der Waals surface area contributed by atoms with E-state index in [0.717, 1.165) is 24.5 Å². The Morgan fingerprint density at radius 1 is 0.963 bits per heavy atom. The average Bonchev–Trinajstić information content (AvgIpc) is 2.65. The molecule has 3 rings (SSSR count). The molecule has 1 saturated heterocycles. The third-order valence-corrected chi connectivity index (χ3v) is 4.90. The summed E-state index contributed by atoms with van der Waals surface area (Å²) < 4.78 is 5.63. The van der Waals surface area contributed by atoms with E-state index in [-0.39, 0.29) is 12.1 Å². The fourth-order valence-corrected chi connectivity index (χ4v) is 3.18. The van der Waals surface area contributed by atoms with Gasteiger partial charge in [0, 0.05) is 37.6 Å². The van der Waals surface area contributed by atoms with Crippen molar-refractivity contribution in [3.05, 3.63) is 53.6 Å². The second kappa shape index (κ2) is 8.33. The van der Waals surface area contributed by atoms with Crippen LogP contribution >= 0.6 is 0 Å². The van der Waals surface area contributed by atoms with Crippen LogP contribution in [0.5, 0.6) is 5.75 Å². The van der Waals surface area contributed by atoms with Crippen LogP contribution in [0.15, 0.2) is 42.5 Å². The molecule has 1 N–H and O–H groups in total. The Balaban J connectivity index is 1.53. The summed E-state index contributed by atoms with van der Waals surface area (Å²) in [6.45, 7) is 11.4. The molecule has 5 heteroatoms. The van der Waals surface area contributed by atoms with E-state index in [4.69, 9.17) is 4.74 Å². The lowest BCUT2D eigenvalue weighted by molar-refractivity contribution is 0.208. The number of anilines is 2. The molecule has 0 unspecified atom stereocenters. The Kier molecular flexibility index (Phi) is 5.89. The molecule has 0 aliphatic carbocycles. The van der Waals surface area contributed by atoms with E-state index in [2.05, 4.69) is 42.3 Å². The fourth-order valence-electron chi connectivity index (χ4n) is 3.18. The van der Waals surface area contributed by atoms with Gasteiger partial charge in [-0.1, -0.05) is 6.07 Å². The highest BCUT2D eigenvalue weighted by Crippen LogP contribution is 2.21. The molecule has 0 bridgehead atoms. The maximum atomic E-state index is 12.5. The van der Waals surface area contributed by atoms with Gasteiger partial charge in [0.2, 0.25) is 0 Å². The van der Waals surface area contributed by atoms with Crippen LogP contribution in [0, 0.1) is 13.8 Å². The summed E-state index contributed by atoms with van der Waals surface area (Å²) in [6.07, 6.45) is 0.138. The molecular weight excluding hydrogens is 338 g/mol. The number of carbonyl (C=O) groups excluding carboxylic acids is 1. The van der Waals surface area contributed by atoms with Crippen LogP contribution in [-0.4, -0.2) is 43.2 Å². The minimum atomic E-state index is -0.0488. The third-order valence-electron chi connectivity index (χ3n) is 4.90. The first-order valence-corrected chi connectivity index (χ1v) is 9.57. The van der Waals surface area contributed by atoms with Crippen molar-refractivity contribution in [1.29, 1.82) is 0 Å². The molecule has 1 aliphatic rings. The monoisotopic (exact) mass is 367 g/mol. The highest BCUT2D eigenvalue weighted by atomic mass is 16.5. The largest absolute Gasteiger partial charge is 0.491 e. The second-order valence-corrected chi connectivity index (χ2v) is 7.36. The summed E-state index contributed by atoms with van der Waals surface area (Å²) >= 11 is 0. The van der Waals surface area contributed by atoms with Crippen LogP contribution < -0.4 is 15.0 Å². The first-order valence-electron chi connectivity index (χ1n) is 9.57. The van der Waals surface area contributed by atoms with E-state index < -0.39 is 0 Å². The number of piperazine rings is 1. The molecule has 1 aliphatic heterocycles. The van der Waals surface area contributed by atoms with Crippen molar-refractivity contribution in [2.24, 2.45) is 0 Å². The average molecular weight is 367 g/mol. The van der Waals surface area contributed by atoms with Crippen molar-refractivity contribution in [1.82, 2.24) is 4.90 Å². The number of rotatable bonds is 4. The Morgan fingerprint density at radius 2 is 1.63 bits per heavy atom. The lowest BCUT2D eigenvalue weighted by Crippen LogP contribution is -2.50. The van der Waals surface area contributed by atoms with Gasteiger partial charge in [0.25, 0.3) is 0 Å². The summed E-state index contributed by atoms with van der Waals surface area (Å²) in [4.78, 5) is 16.7. The lowest BCUT2D eigenvalue weighted by Gasteiger charge is -2.36. The van der Waals surface area contributed by atoms with Gasteiger partial charge in [-0.2, -0.15) is 0 Å². The maximum Gasteiger partial charge on any atom is 0.321 e. The third kappa shape index (κ3) is 4.94. The number of aryl methyl sites for hydroxylation is 2. The number of amides is 2. The van der Waals surface area contributed by atoms with Gasteiger partial charge in [-0.15, -0.1) is 0 Å². The van der Waals surface area contributed by atoms with Gasteiger partial charge in [0.05, 0.1) is 6.10 Å². The molecule has 144 valence electrons. The smallest absolute Gasteiger partial charge is 0.321 e. The van der Waals surface area contributed by atoms with E-state index in [1.54, 1.807) is 0 Å². The van der Waals surface area contributed by atoms with Crippen molar-refractivity contribution >= 4 is 17.4 Å². The zero-order valence-electron chi connectivity index (χ0n) is 16.7. The molecule has 27 heavy (non-hydrogen) atoms. The normalized spacial score (nSPS) is 14.4. The molecule has 0 saturated carbocycles. The lowest BCUT2D eigenvalue weighted by atomic mass is 10.1. The Morgan fingerprint density at radius 3 is 2.22 bits per heavy atom. The summed E-state index contributed by atoms with van der Waals surface area (Å²) in [5, 5.41) is 2.98. The zero-order chi connectivity index (χ0) is 19.4. The van der Waals surface area contributed by atoms with Crippen molar-refractivity contribution in [2.75, 3.05) is 36.4 Å². The Bertz CT molecular complexity index is 779. The van der Waals surface area contributed by atoms with Gasteiger partial charge in [-0.25, -0.2) is 4.79 Å². The van der Waals surface area contributed by atoms with E-state index in [1.165, 1.54) is 16.8 Å². The molecule has 2 aromatic carbocycles. The van der Waals surface area contributed by atoms with Crippen LogP contribution in [0.3, 0.4) is 0 Å². The van der Waals surface area contributed by atoms with Crippen molar-refractivity contribution in [2.45, 2.75) is 33.8 Å². The highest BCUT2D eigenvalue weighted by Gasteiger charge is 2.21. The number of hydrogen-bond acceptors (Lipinski definition) is 3. The van der Waals surface area contributed by atoms with Crippen molar-refractivity contribution in [3.8, 4) is 5.75 Å². The summed E-state index contributed by atoms with van der Waals surface area (Å²) in [7, 11) is 0. The maximum absolute atomic E-state index is 12.5. The fraction of sp³-hybridized carbons (Fsp3) is 0.409. The van der Waals surface area contributed by atoms with Gasteiger partial charge in [-0.05, 0) is 75.2 Å². The number of nitrogens with one attached hydrogen (secondary N) is 1. The summed E-state index contributed by atoms with van der Waals surface area (Å²) in [6, 6.07) is 14.0.